The molecule has 0 radical (unpaired) electrons. The molecule has 2 aromatic rings. The first kappa shape index (κ1) is 17.3. The molecule has 0 bridgehead atoms. The lowest BCUT2D eigenvalue weighted by Crippen LogP contribution is -2.32. The second kappa shape index (κ2) is 7.49. The third-order valence-corrected chi connectivity index (χ3v) is 2.80. The van der Waals surface area contributed by atoms with E-state index >= 15 is 0 Å². The number of hydrogen-bond donors (Lipinski definition) is 2. The topological polar surface area (TPSA) is 67.4 Å². The van der Waals surface area contributed by atoms with Crippen LogP contribution in [0.5, 0.6) is 5.75 Å². The van der Waals surface area contributed by atoms with Crippen molar-refractivity contribution >= 4 is 17.5 Å². The van der Waals surface area contributed by atoms with Crippen molar-refractivity contribution in [3.63, 3.8) is 0 Å². The molecular weight excluding hydrogens is 325 g/mol. The molecule has 126 valence electrons. The Morgan fingerprint density at radius 3 is 2.38 bits per heavy atom. The fourth-order valence-electron chi connectivity index (χ4n) is 1.83. The Labute approximate surface area is 135 Å². The molecule has 0 saturated heterocycles. The normalized spacial score (nSPS) is 10.8. The number of halogens is 3. The van der Waals surface area contributed by atoms with Gasteiger partial charge in [-0.05, 0) is 24.3 Å². The maximum Gasteiger partial charge on any atom is 0.573 e. The number of ether oxygens (including phenoxy) is 1. The van der Waals surface area contributed by atoms with E-state index < -0.39 is 23.9 Å². The predicted molar refractivity (Wildman–Crippen MR) is 80.5 cm³/mol. The van der Waals surface area contributed by atoms with Gasteiger partial charge in [-0.2, -0.15) is 0 Å². The molecule has 5 nitrogen and oxygen atoms in total. The van der Waals surface area contributed by atoms with Crippen molar-refractivity contribution in [2.75, 3.05) is 11.9 Å². The van der Waals surface area contributed by atoms with Gasteiger partial charge in [0, 0.05) is 17.3 Å². The van der Waals surface area contributed by atoms with Crippen molar-refractivity contribution in [1.82, 2.24) is 5.32 Å². The largest absolute Gasteiger partial charge is 0.573 e. The Hall–Kier alpha value is -3.03. The molecule has 0 heterocycles. The van der Waals surface area contributed by atoms with Crippen molar-refractivity contribution in [3.8, 4) is 5.75 Å². The number of carbonyl (C=O) groups is 2. The molecule has 0 spiro atoms. The van der Waals surface area contributed by atoms with Crippen molar-refractivity contribution in [3.05, 3.63) is 60.2 Å². The molecule has 0 aliphatic heterocycles. The lowest BCUT2D eigenvalue weighted by Gasteiger charge is -2.11. The first-order valence-electron chi connectivity index (χ1n) is 6.82. The lowest BCUT2D eigenvalue weighted by atomic mass is 10.2. The number of carbonyl (C=O) groups excluding carboxylic acids is 2. The quantitative estimate of drug-likeness (QED) is 0.881. The van der Waals surface area contributed by atoms with E-state index in [0.29, 0.717) is 5.56 Å². The third-order valence-electron chi connectivity index (χ3n) is 2.80. The Bertz CT molecular complexity index is 718. The van der Waals surface area contributed by atoms with E-state index in [2.05, 4.69) is 15.4 Å². The standard InChI is InChI=1S/C16H13F3N2O3/c17-16(18,19)24-13-8-4-7-12(9-13)21-14(22)10-20-15(23)11-5-2-1-3-6-11/h1-9H,10H2,(H,20,23)(H,21,22). The van der Waals surface area contributed by atoms with E-state index in [4.69, 9.17) is 0 Å². The second-order valence-corrected chi connectivity index (χ2v) is 4.67. The van der Waals surface area contributed by atoms with Crippen LogP contribution < -0.4 is 15.4 Å². The second-order valence-electron chi connectivity index (χ2n) is 4.67. The van der Waals surface area contributed by atoms with E-state index in [1.54, 1.807) is 30.3 Å². The highest BCUT2D eigenvalue weighted by Gasteiger charge is 2.31. The van der Waals surface area contributed by atoms with Gasteiger partial charge in [0.15, 0.2) is 0 Å². The summed E-state index contributed by atoms with van der Waals surface area (Å²) >= 11 is 0. The van der Waals surface area contributed by atoms with Crippen molar-refractivity contribution in [2.45, 2.75) is 6.36 Å². The zero-order valence-corrected chi connectivity index (χ0v) is 12.3. The van der Waals surface area contributed by atoms with Crippen LogP contribution in [0.1, 0.15) is 10.4 Å². The first-order valence-corrected chi connectivity index (χ1v) is 6.82. The van der Waals surface area contributed by atoms with Gasteiger partial charge in [-0.25, -0.2) is 0 Å². The molecule has 24 heavy (non-hydrogen) atoms. The zero-order valence-electron chi connectivity index (χ0n) is 12.3. The monoisotopic (exact) mass is 338 g/mol. The van der Waals surface area contributed by atoms with Crippen LogP contribution in [-0.2, 0) is 4.79 Å². The molecule has 0 aliphatic rings. The first-order chi connectivity index (χ1) is 11.3. The lowest BCUT2D eigenvalue weighted by molar-refractivity contribution is -0.274. The molecule has 2 N–H and O–H groups in total. The maximum atomic E-state index is 12.1. The molecule has 0 atom stereocenters. The van der Waals surface area contributed by atoms with Crippen LogP contribution in [0.25, 0.3) is 0 Å². The number of hydrogen-bond acceptors (Lipinski definition) is 3. The van der Waals surface area contributed by atoms with Crippen molar-refractivity contribution in [1.29, 1.82) is 0 Å². The molecular formula is C16H13F3N2O3. The molecule has 0 aromatic heterocycles. The van der Waals surface area contributed by atoms with Crippen molar-refractivity contribution < 1.29 is 27.5 Å². The molecule has 0 unspecified atom stereocenters. The Kier molecular flexibility index (Phi) is 5.41. The smallest absolute Gasteiger partial charge is 0.406 e. The van der Waals surface area contributed by atoms with Crippen LogP contribution >= 0.6 is 0 Å². The minimum Gasteiger partial charge on any atom is -0.406 e. The van der Waals surface area contributed by atoms with Crippen LogP contribution in [0, 0.1) is 0 Å². The van der Waals surface area contributed by atoms with Gasteiger partial charge in [-0.3, -0.25) is 9.59 Å². The number of amides is 2. The van der Waals surface area contributed by atoms with Crippen molar-refractivity contribution in [2.24, 2.45) is 0 Å². The van der Waals surface area contributed by atoms with E-state index in [1.165, 1.54) is 12.1 Å². The van der Waals surface area contributed by atoms with Gasteiger partial charge in [0.1, 0.15) is 5.75 Å². The summed E-state index contributed by atoms with van der Waals surface area (Å²) in [6.07, 6.45) is -4.81. The van der Waals surface area contributed by atoms with Gasteiger partial charge in [0.05, 0.1) is 6.54 Å². The highest BCUT2D eigenvalue weighted by atomic mass is 19.4. The van der Waals surface area contributed by atoms with Crippen LogP contribution in [0.3, 0.4) is 0 Å². The average Bonchev–Trinajstić information content (AvgIpc) is 2.52. The number of alkyl halides is 3. The number of rotatable bonds is 5. The van der Waals surface area contributed by atoms with Crippen LogP contribution in [0.4, 0.5) is 18.9 Å². The van der Waals surface area contributed by atoms with Crippen LogP contribution in [0.15, 0.2) is 54.6 Å². The summed E-state index contributed by atoms with van der Waals surface area (Å²) in [5, 5.41) is 4.78. The van der Waals surface area contributed by atoms with E-state index in [-0.39, 0.29) is 12.2 Å². The SMILES string of the molecule is O=C(CNC(=O)c1ccccc1)Nc1cccc(OC(F)(F)F)c1. The van der Waals surface area contributed by atoms with Gasteiger partial charge in [0.2, 0.25) is 5.91 Å². The molecule has 2 rings (SSSR count). The van der Waals surface area contributed by atoms with E-state index in [0.717, 1.165) is 12.1 Å². The fourth-order valence-corrected chi connectivity index (χ4v) is 1.83. The van der Waals surface area contributed by atoms with E-state index in [1.807, 2.05) is 0 Å². The fraction of sp³-hybridized carbons (Fsp3) is 0.125. The number of benzene rings is 2. The molecule has 2 amide bonds. The highest BCUT2D eigenvalue weighted by Crippen LogP contribution is 2.24. The summed E-state index contributed by atoms with van der Waals surface area (Å²) in [7, 11) is 0. The molecule has 0 fully saturated rings. The van der Waals surface area contributed by atoms with Gasteiger partial charge >= 0.3 is 6.36 Å². The predicted octanol–water partition coefficient (Wildman–Crippen LogP) is 2.95. The number of anilines is 1. The summed E-state index contributed by atoms with van der Waals surface area (Å²) in [5.74, 6) is -1.46. The van der Waals surface area contributed by atoms with Gasteiger partial charge in [-0.1, -0.05) is 24.3 Å². The minimum atomic E-state index is -4.81. The highest BCUT2D eigenvalue weighted by molar-refractivity contribution is 5.99. The maximum absolute atomic E-state index is 12.1. The van der Waals surface area contributed by atoms with Gasteiger partial charge in [-0.15, -0.1) is 13.2 Å². The summed E-state index contributed by atoms with van der Waals surface area (Å²) in [4.78, 5) is 23.5. The summed E-state index contributed by atoms with van der Waals surface area (Å²) in [5.41, 5.74) is 0.515. The molecule has 0 aliphatic carbocycles. The number of nitrogens with one attached hydrogen (secondary N) is 2. The van der Waals surface area contributed by atoms with Crippen LogP contribution in [-0.4, -0.2) is 24.7 Å². The Morgan fingerprint density at radius 2 is 1.71 bits per heavy atom. The third kappa shape index (κ3) is 5.64. The van der Waals surface area contributed by atoms with Gasteiger partial charge in [0.25, 0.3) is 5.91 Å². The molecule has 2 aromatic carbocycles. The zero-order chi connectivity index (χ0) is 17.6. The average molecular weight is 338 g/mol. The summed E-state index contributed by atoms with van der Waals surface area (Å²) in [6.45, 7) is -0.321. The summed E-state index contributed by atoms with van der Waals surface area (Å²) in [6, 6.07) is 13.1. The van der Waals surface area contributed by atoms with Gasteiger partial charge < -0.3 is 15.4 Å². The Balaban J connectivity index is 1.88. The molecule has 8 heteroatoms. The van der Waals surface area contributed by atoms with Crippen LogP contribution in [0.2, 0.25) is 0 Å². The van der Waals surface area contributed by atoms with E-state index in [9.17, 15) is 22.8 Å². The summed E-state index contributed by atoms with van der Waals surface area (Å²) < 4.78 is 40.2. The minimum absolute atomic E-state index is 0.121. The molecule has 0 saturated carbocycles. The Morgan fingerprint density at radius 1 is 1.00 bits per heavy atom.